The Bertz CT molecular complexity index is 1470. The Balaban J connectivity index is 1.40. The molecule has 205 valence electrons. The van der Waals surface area contributed by atoms with Crippen LogP contribution < -0.4 is 4.35 Å². The third-order valence-electron chi connectivity index (χ3n) is 7.28. The molecule has 4 aromatic rings. The summed E-state index contributed by atoms with van der Waals surface area (Å²) < 4.78 is 8.09. The number of halogens is 2. The number of aromatic nitrogens is 2. The standard InChI is InChI=1S/C33H32AsCl2N2O2/c1-40-33(39)21-34-26-13-16-28(17-14-26)38-22-31(29-18-15-27(35)20-30(29)36)37-32(38)19-25-11-9-24(10-12-25)8-7-23-5-3-2-4-6-23/h7-18,20,22-23H,2-6,19,21H2,1H3/b8-7+. The first kappa shape index (κ1) is 28.7. The molecule has 0 saturated heterocycles. The molecule has 3 aromatic carbocycles. The van der Waals surface area contributed by atoms with Crippen LogP contribution in [0, 0.1) is 5.92 Å². The van der Waals surface area contributed by atoms with Gasteiger partial charge in [0.15, 0.2) is 0 Å². The van der Waals surface area contributed by atoms with Crippen molar-refractivity contribution in [3.05, 3.63) is 106 Å². The average Bonchev–Trinajstić information content (AvgIpc) is 3.39. The fourth-order valence-electron chi connectivity index (χ4n) is 5.04. The second-order valence-electron chi connectivity index (χ2n) is 10.1. The summed E-state index contributed by atoms with van der Waals surface area (Å²) in [5.74, 6) is 1.47. The molecule has 0 bridgehead atoms. The van der Waals surface area contributed by atoms with Gasteiger partial charge in [0.25, 0.3) is 0 Å². The number of carbonyl (C=O) groups is 1. The second-order valence-corrected chi connectivity index (χ2v) is 13.4. The van der Waals surface area contributed by atoms with Crippen LogP contribution in [-0.2, 0) is 16.0 Å². The van der Waals surface area contributed by atoms with Gasteiger partial charge in [-0.05, 0) is 18.8 Å². The zero-order chi connectivity index (χ0) is 27.9. The van der Waals surface area contributed by atoms with Gasteiger partial charge in [0.2, 0.25) is 0 Å². The second kappa shape index (κ2) is 13.7. The number of hydrogen-bond donors (Lipinski definition) is 0. The Morgan fingerprint density at radius 3 is 2.48 bits per heavy atom. The number of allylic oxidation sites excluding steroid dienone is 1. The average molecular weight is 634 g/mol. The normalized spacial score (nSPS) is 14.4. The van der Waals surface area contributed by atoms with Crippen LogP contribution in [0.4, 0.5) is 0 Å². The maximum absolute atomic E-state index is 11.6. The first-order chi connectivity index (χ1) is 19.5. The molecular formula is C33H32AsCl2N2O2. The molecule has 1 saturated carbocycles. The predicted octanol–water partition coefficient (Wildman–Crippen LogP) is 7.95. The monoisotopic (exact) mass is 633 g/mol. The van der Waals surface area contributed by atoms with Gasteiger partial charge in [-0.15, -0.1) is 0 Å². The summed E-state index contributed by atoms with van der Waals surface area (Å²) in [6.45, 7) is 0. The first-order valence-corrected chi connectivity index (χ1v) is 16.7. The minimum atomic E-state index is -0.278. The van der Waals surface area contributed by atoms with Crippen molar-refractivity contribution in [3.63, 3.8) is 0 Å². The summed E-state index contributed by atoms with van der Waals surface area (Å²) in [4.78, 5) is 16.6. The molecule has 0 aliphatic heterocycles. The van der Waals surface area contributed by atoms with E-state index in [9.17, 15) is 4.79 Å². The van der Waals surface area contributed by atoms with E-state index in [4.69, 9.17) is 32.9 Å². The molecule has 1 radical (unpaired) electrons. The van der Waals surface area contributed by atoms with Crippen molar-refractivity contribution in [2.24, 2.45) is 5.92 Å². The molecule has 1 aliphatic carbocycles. The van der Waals surface area contributed by atoms with E-state index in [2.05, 4.69) is 65.3 Å². The molecule has 1 fully saturated rings. The van der Waals surface area contributed by atoms with Crippen LogP contribution in [0.5, 0.6) is 0 Å². The zero-order valence-corrected chi connectivity index (χ0v) is 25.9. The van der Waals surface area contributed by atoms with Crippen molar-refractivity contribution in [2.45, 2.75) is 43.7 Å². The van der Waals surface area contributed by atoms with Gasteiger partial charge in [0.1, 0.15) is 0 Å². The number of hydrogen-bond acceptors (Lipinski definition) is 3. The van der Waals surface area contributed by atoms with Crippen LogP contribution in [0.25, 0.3) is 23.0 Å². The Kier molecular flexibility index (Phi) is 9.86. The third-order valence-corrected chi connectivity index (χ3v) is 10.1. The Morgan fingerprint density at radius 2 is 1.77 bits per heavy atom. The molecule has 1 aliphatic rings. The van der Waals surface area contributed by atoms with E-state index in [0.717, 1.165) is 22.8 Å². The summed E-state index contributed by atoms with van der Waals surface area (Å²) in [6.07, 6.45) is 14.1. The zero-order valence-electron chi connectivity index (χ0n) is 22.5. The number of methoxy groups -OCH3 is 1. The van der Waals surface area contributed by atoms with Crippen LogP contribution >= 0.6 is 23.2 Å². The molecule has 0 atom stereocenters. The van der Waals surface area contributed by atoms with Gasteiger partial charge in [-0.1, -0.05) is 25.3 Å². The number of esters is 1. The van der Waals surface area contributed by atoms with Gasteiger partial charge in [-0.3, -0.25) is 0 Å². The van der Waals surface area contributed by atoms with E-state index in [0.29, 0.717) is 27.6 Å². The number of ether oxygens (including phenoxy) is 1. The summed E-state index contributed by atoms with van der Waals surface area (Å²) >= 11 is 12.4. The van der Waals surface area contributed by atoms with Crippen LogP contribution in [-0.4, -0.2) is 38.4 Å². The predicted molar refractivity (Wildman–Crippen MR) is 166 cm³/mol. The number of carbonyl (C=O) groups excluding carboxylic acids is 1. The van der Waals surface area contributed by atoms with Gasteiger partial charge in [-0.2, -0.15) is 0 Å². The van der Waals surface area contributed by atoms with E-state index >= 15 is 0 Å². The van der Waals surface area contributed by atoms with E-state index in [-0.39, 0.29) is 21.7 Å². The fraction of sp³-hybridized carbons (Fsp3) is 0.273. The SMILES string of the molecule is COC(=O)C[As]c1ccc(-n2cc(-c3ccc(Cl)cc3Cl)nc2Cc2ccc(/C=C/C3CCCCC3)cc2)cc1. The molecule has 0 spiro atoms. The van der Waals surface area contributed by atoms with Gasteiger partial charge in [-0.25, -0.2) is 0 Å². The molecule has 0 amide bonds. The molecular weight excluding hydrogens is 602 g/mol. The molecule has 5 rings (SSSR count). The van der Waals surface area contributed by atoms with Crippen LogP contribution in [0.3, 0.4) is 0 Å². The van der Waals surface area contributed by atoms with Crippen molar-refractivity contribution < 1.29 is 9.53 Å². The molecule has 1 heterocycles. The summed E-state index contributed by atoms with van der Waals surface area (Å²) in [7, 11) is 1.43. The minimum absolute atomic E-state index is 0.166. The first-order valence-electron chi connectivity index (χ1n) is 13.6. The molecule has 40 heavy (non-hydrogen) atoms. The van der Waals surface area contributed by atoms with Gasteiger partial charge in [0.05, 0.1) is 0 Å². The maximum atomic E-state index is 11.6. The third kappa shape index (κ3) is 7.49. The topological polar surface area (TPSA) is 44.1 Å². The number of nitrogens with zero attached hydrogens (tertiary/aromatic N) is 2. The van der Waals surface area contributed by atoms with E-state index < -0.39 is 0 Å². The van der Waals surface area contributed by atoms with Crippen molar-refractivity contribution >= 4 is 55.4 Å². The fourth-order valence-corrected chi connectivity index (χ4v) is 7.22. The van der Waals surface area contributed by atoms with Gasteiger partial charge >= 0.3 is 210 Å². The quantitative estimate of drug-likeness (QED) is 0.139. The summed E-state index contributed by atoms with van der Waals surface area (Å²) in [5, 5.41) is 1.62. The van der Waals surface area contributed by atoms with Crippen molar-refractivity contribution in [3.8, 4) is 16.9 Å². The van der Waals surface area contributed by atoms with Crippen LogP contribution in [0.1, 0.15) is 49.1 Å². The van der Waals surface area contributed by atoms with Crippen molar-refractivity contribution in [1.29, 1.82) is 0 Å². The Labute approximate surface area is 253 Å². The molecule has 7 heteroatoms. The number of benzene rings is 3. The van der Waals surface area contributed by atoms with Crippen LogP contribution in [0.2, 0.25) is 15.3 Å². The molecule has 0 unspecified atom stereocenters. The molecule has 4 nitrogen and oxygen atoms in total. The Hall–Kier alpha value is -2.78. The van der Waals surface area contributed by atoms with Crippen LogP contribution in [0.15, 0.2) is 79.0 Å². The molecule has 0 N–H and O–H groups in total. The number of rotatable bonds is 9. The number of imidazole rings is 1. The Morgan fingerprint density at radius 1 is 1.02 bits per heavy atom. The van der Waals surface area contributed by atoms with Crippen molar-refractivity contribution in [2.75, 3.05) is 7.11 Å². The van der Waals surface area contributed by atoms with Gasteiger partial charge < -0.3 is 0 Å². The van der Waals surface area contributed by atoms with E-state index in [1.54, 1.807) is 6.07 Å². The molecule has 1 aromatic heterocycles. The summed E-state index contributed by atoms with van der Waals surface area (Å²) in [6, 6.07) is 22.6. The van der Waals surface area contributed by atoms with Gasteiger partial charge in [0, 0.05) is 0 Å². The van der Waals surface area contributed by atoms with E-state index in [1.807, 2.05) is 18.3 Å². The van der Waals surface area contributed by atoms with E-state index in [1.165, 1.54) is 54.7 Å². The summed E-state index contributed by atoms with van der Waals surface area (Å²) in [5.41, 5.74) is 5.07. The van der Waals surface area contributed by atoms with Crippen molar-refractivity contribution in [1.82, 2.24) is 9.55 Å².